The summed E-state index contributed by atoms with van der Waals surface area (Å²) in [6, 6.07) is 8.28. The molecule has 126 valence electrons. The summed E-state index contributed by atoms with van der Waals surface area (Å²) in [5, 5.41) is 17.1. The van der Waals surface area contributed by atoms with Gasteiger partial charge in [-0.05, 0) is 35.7 Å². The van der Waals surface area contributed by atoms with E-state index in [9.17, 15) is 14.3 Å². The fraction of sp³-hybridized carbons (Fsp3) is 0.158. The van der Waals surface area contributed by atoms with E-state index >= 15 is 0 Å². The Labute approximate surface area is 143 Å². The predicted octanol–water partition coefficient (Wildman–Crippen LogP) is 2.96. The van der Waals surface area contributed by atoms with Gasteiger partial charge in [-0.3, -0.25) is 9.78 Å². The predicted molar refractivity (Wildman–Crippen MR) is 93.3 cm³/mol. The highest BCUT2D eigenvalue weighted by atomic mass is 19.1. The van der Waals surface area contributed by atoms with Crippen molar-refractivity contribution in [2.75, 3.05) is 12.4 Å². The minimum atomic E-state index is -0.289. The topological polar surface area (TPSA) is 74.2 Å². The number of carbonyl (C=O) groups is 1. The van der Waals surface area contributed by atoms with Gasteiger partial charge in [-0.25, -0.2) is 4.39 Å². The van der Waals surface area contributed by atoms with Gasteiger partial charge in [0.2, 0.25) is 0 Å². The summed E-state index contributed by atoms with van der Waals surface area (Å²) in [6.45, 7) is 0.371. The van der Waals surface area contributed by atoms with Gasteiger partial charge in [0, 0.05) is 36.4 Å². The van der Waals surface area contributed by atoms with Crippen LogP contribution in [0.2, 0.25) is 0 Å². The zero-order chi connectivity index (χ0) is 17.6. The van der Waals surface area contributed by atoms with Gasteiger partial charge in [0.25, 0.3) is 5.91 Å². The first-order valence-electron chi connectivity index (χ1n) is 7.95. The van der Waals surface area contributed by atoms with Crippen molar-refractivity contribution < 1.29 is 14.3 Å². The highest BCUT2D eigenvalue weighted by Crippen LogP contribution is 2.40. The number of phenolic OH excluding ortho intramolecular Hbond substituents is 1. The van der Waals surface area contributed by atoms with Crippen molar-refractivity contribution in [1.29, 1.82) is 0 Å². The maximum atomic E-state index is 13.1. The second-order valence-corrected chi connectivity index (χ2v) is 6.05. The van der Waals surface area contributed by atoms with Crippen LogP contribution in [0, 0.1) is 5.82 Å². The lowest BCUT2D eigenvalue weighted by molar-refractivity contribution is 0.0963. The molecule has 0 spiro atoms. The summed E-state index contributed by atoms with van der Waals surface area (Å²) in [6.07, 6.45) is 2.27. The first-order chi connectivity index (χ1) is 12.1. The van der Waals surface area contributed by atoms with Crippen LogP contribution >= 0.6 is 0 Å². The molecule has 3 aromatic rings. The first kappa shape index (κ1) is 15.4. The van der Waals surface area contributed by atoms with Crippen molar-refractivity contribution in [2.45, 2.75) is 13.0 Å². The Morgan fingerprint density at radius 3 is 2.76 bits per heavy atom. The number of pyridine rings is 1. The first-order valence-corrected chi connectivity index (χ1v) is 7.95. The van der Waals surface area contributed by atoms with Crippen LogP contribution in [0.4, 0.5) is 10.1 Å². The summed E-state index contributed by atoms with van der Waals surface area (Å²) < 4.78 is 13.1. The third-order valence-corrected chi connectivity index (χ3v) is 4.50. The van der Waals surface area contributed by atoms with E-state index in [1.54, 1.807) is 25.4 Å². The molecule has 2 aromatic carbocycles. The maximum absolute atomic E-state index is 13.1. The highest BCUT2D eigenvalue weighted by Gasteiger charge is 2.29. The molecule has 25 heavy (non-hydrogen) atoms. The number of aromatic nitrogens is 1. The van der Waals surface area contributed by atoms with E-state index in [1.807, 2.05) is 6.07 Å². The van der Waals surface area contributed by atoms with Crippen molar-refractivity contribution in [2.24, 2.45) is 0 Å². The van der Waals surface area contributed by atoms with Crippen molar-refractivity contribution in [1.82, 2.24) is 10.3 Å². The summed E-state index contributed by atoms with van der Waals surface area (Å²) in [5.74, 6) is -0.647. The second kappa shape index (κ2) is 5.73. The van der Waals surface area contributed by atoms with Crippen LogP contribution in [0.25, 0.3) is 10.9 Å². The fourth-order valence-electron chi connectivity index (χ4n) is 3.33. The highest BCUT2D eigenvalue weighted by molar-refractivity contribution is 6.11. The summed E-state index contributed by atoms with van der Waals surface area (Å²) in [7, 11) is 1.78. The number of rotatable bonds is 3. The Hall–Kier alpha value is -3.15. The van der Waals surface area contributed by atoms with Gasteiger partial charge in [0.05, 0.1) is 5.56 Å². The second-order valence-electron chi connectivity index (χ2n) is 6.05. The number of amides is 1. The molecule has 1 aliphatic rings. The van der Waals surface area contributed by atoms with Gasteiger partial charge in [0.15, 0.2) is 5.75 Å². The largest absolute Gasteiger partial charge is 0.505 e. The third-order valence-electron chi connectivity index (χ3n) is 4.50. The van der Waals surface area contributed by atoms with Gasteiger partial charge in [-0.2, -0.15) is 0 Å². The fourth-order valence-corrected chi connectivity index (χ4v) is 3.33. The lowest BCUT2D eigenvalue weighted by Gasteiger charge is -2.14. The molecule has 0 atom stereocenters. The number of carbonyl (C=O) groups excluding carboxylic acids is 1. The quantitative estimate of drug-likeness (QED) is 0.643. The molecule has 0 aliphatic carbocycles. The lowest BCUT2D eigenvalue weighted by atomic mass is 9.98. The summed E-state index contributed by atoms with van der Waals surface area (Å²) in [5.41, 5.74) is 4.12. The zero-order valence-corrected chi connectivity index (χ0v) is 13.6. The number of anilines is 1. The Bertz CT molecular complexity index is 1000. The number of phenols is 1. The van der Waals surface area contributed by atoms with Crippen LogP contribution in [0.1, 0.15) is 27.0 Å². The van der Waals surface area contributed by atoms with Crippen molar-refractivity contribution in [3.8, 4) is 5.75 Å². The molecule has 2 heterocycles. The average Bonchev–Trinajstić information content (AvgIpc) is 2.99. The summed E-state index contributed by atoms with van der Waals surface area (Å²) >= 11 is 0. The number of halogens is 1. The van der Waals surface area contributed by atoms with E-state index in [4.69, 9.17) is 0 Å². The van der Waals surface area contributed by atoms with E-state index in [-0.39, 0.29) is 23.0 Å². The molecule has 1 aliphatic heterocycles. The Kier molecular flexibility index (Phi) is 3.53. The molecular formula is C19H16FN3O2. The summed E-state index contributed by atoms with van der Waals surface area (Å²) in [4.78, 5) is 16.3. The molecule has 0 unspecified atom stereocenters. The third kappa shape index (κ3) is 2.46. The van der Waals surface area contributed by atoms with Crippen molar-refractivity contribution in [3.63, 3.8) is 0 Å². The van der Waals surface area contributed by atoms with E-state index in [2.05, 4.69) is 15.6 Å². The van der Waals surface area contributed by atoms with Gasteiger partial charge < -0.3 is 15.7 Å². The molecule has 0 bridgehead atoms. The number of hydrogen-bond donors (Lipinski definition) is 3. The number of fused-ring (bicyclic) bond motifs is 2. The number of aromatic hydroxyl groups is 1. The van der Waals surface area contributed by atoms with Crippen molar-refractivity contribution >= 4 is 22.5 Å². The number of nitrogens with zero attached hydrogens (tertiary/aromatic N) is 1. The average molecular weight is 337 g/mol. The SMILES string of the molecule is CNc1c2c(c(O)c3ncc(Cc4ccc(F)cc4)cc13)C(=O)NC2. The van der Waals surface area contributed by atoms with Crippen LogP contribution in [0.5, 0.6) is 5.75 Å². The smallest absolute Gasteiger partial charge is 0.255 e. The molecular weight excluding hydrogens is 321 g/mol. The molecule has 0 radical (unpaired) electrons. The van der Waals surface area contributed by atoms with Crippen LogP contribution in [0.3, 0.4) is 0 Å². The maximum Gasteiger partial charge on any atom is 0.255 e. The lowest BCUT2D eigenvalue weighted by Crippen LogP contribution is -2.12. The van der Waals surface area contributed by atoms with Gasteiger partial charge in [-0.15, -0.1) is 0 Å². The van der Waals surface area contributed by atoms with E-state index in [0.717, 1.165) is 27.8 Å². The standard InChI is InChI=1S/C19H16FN3O2/c1-21-16-13-7-11(6-10-2-4-12(20)5-3-10)8-22-17(13)18(24)15-14(16)9-23-19(15)25/h2-5,7-8,21,24H,6,9H2,1H3,(H,23,25). The van der Waals surface area contributed by atoms with Gasteiger partial charge in [0.1, 0.15) is 11.3 Å². The molecule has 0 saturated carbocycles. The molecule has 0 saturated heterocycles. The zero-order valence-electron chi connectivity index (χ0n) is 13.6. The van der Waals surface area contributed by atoms with E-state index in [0.29, 0.717) is 18.5 Å². The van der Waals surface area contributed by atoms with Crippen LogP contribution in [0.15, 0.2) is 36.5 Å². The normalized spacial score (nSPS) is 13.0. The Balaban J connectivity index is 1.85. The number of benzene rings is 2. The monoisotopic (exact) mass is 337 g/mol. The van der Waals surface area contributed by atoms with E-state index < -0.39 is 0 Å². The molecule has 1 aromatic heterocycles. The van der Waals surface area contributed by atoms with Crippen LogP contribution in [-0.2, 0) is 13.0 Å². The molecule has 0 fully saturated rings. The van der Waals surface area contributed by atoms with Crippen LogP contribution < -0.4 is 10.6 Å². The number of nitrogens with one attached hydrogen (secondary N) is 2. The minimum Gasteiger partial charge on any atom is -0.505 e. The minimum absolute atomic E-state index is 0.0904. The van der Waals surface area contributed by atoms with Crippen molar-refractivity contribution in [3.05, 3.63) is 64.6 Å². The van der Waals surface area contributed by atoms with Gasteiger partial charge >= 0.3 is 0 Å². The molecule has 1 amide bonds. The Morgan fingerprint density at radius 1 is 1.28 bits per heavy atom. The van der Waals surface area contributed by atoms with Crippen LogP contribution in [-0.4, -0.2) is 23.0 Å². The Morgan fingerprint density at radius 2 is 2.04 bits per heavy atom. The van der Waals surface area contributed by atoms with Gasteiger partial charge in [-0.1, -0.05) is 12.1 Å². The van der Waals surface area contributed by atoms with E-state index in [1.165, 1.54) is 12.1 Å². The molecule has 3 N–H and O–H groups in total. The molecule has 4 rings (SSSR count). The molecule has 6 heteroatoms. The molecule has 5 nitrogen and oxygen atoms in total. The number of hydrogen-bond acceptors (Lipinski definition) is 4.